The topological polar surface area (TPSA) is 103 Å². The summed E-state index contributed by atoms with van der Waals surface area (Å²) in [5.74, 6) is -0.860. The van der Waals surface area contributed by atoms with E-state index in [2.05, 4.69) is 4.99 Å². The third kappa shape index (κ3) is 2.33. The van der Waals surface area contributed by atoms with Crippen molar-refractivity contribution in [1.82, 2.24) is 4.57 Å². The Morgan fingerprint density at radius 1 is 1.26 bits per heavy atom. The van der Waals surface area contributed by atoms with Gasteiger partial charge < -0.3 is 16.0 Å². The first kappa shape index (κ1) is 12.8. The number of carbonyl (C=O) groups is 1. The van der Waals surface area contributed by atoms with Crippen LogP contribution >= 0.6 is 0 Å². The number of nitrogens with two attached hydrogens (primary N) is 2. The van der Waals surface area contributed by atoms with Crippen molar-refractivity contribution in [3.63, 3.8) is 0 Å². The van der Waals surface area contributed by atoms with Gasteiger partial charge in [0.2, 0.25) is 0 Å². The molecule has 1 aromatic heterocycles. The van der Waals surface area contributed by atoms with Crippen molar-refractivity contribution in [3.05, 3.63) is 46.4 Å². The van der Waals surface area contributed by atoms with Crippen molar-refractivity contribution in [2.24, 2.45) is 16.5 Å². The number of benzene rings is 1. The molecule has 0 unspecified atom stereocenters. The van der Waals surface area contributed by atoms with Gasteiger partial charge in [-0.2, -0.15) is 4.99 Å². The van der Waals surface area contributed by atoms with E-state index in [1.807, 2.05) is 6.92 Å². The van der Waals surface area contributed by atoms with Crippen LogP contribution < -0.4 is 17.0 Å². The maximum Gasteiger partial charge on any atom is 0.282 e. The second-order valence-corrected chi connectivity index (χ2v) is 4.02. The summed E-state index contributed by atoms with van der Waals surface area (Å²) in [5, 5.41) is 1.02. The number of hydrogen-bond donors (Lipinski definition) is 2. The largest absolute Gasteiger partial charge is 0.370 e. The molecule has 0 bridgehead atoms. The van der Waals surface area contributed by atoms with Crippen molar-refractivity contribution in [2.45, 2.75) is 13.5 Å². The molecule has 0 radical (unpaired) electrons. The molecule has 0 fully saturated rings. The summed E-state index contributed by atoms with van der Waals surface area (Å²) in [5.41, 5.74) is 10.6. The van der Waals surface area contributed by atoms with E-state index in [-0.39, 0.29) is 11.5 Å². The number of carbonyl (C=O) groups excluding carboxylic acids is 1. The number of pyridine rings is 1. The zero-order chi connectivity index (χ0) is 14.0. The molecule has 1 aromatic carbocycles. The van der Waals surface area contributed by atoms with Crippen LogP contribution in [0, 0.1) is 0 Å². The van der Waals surface area contributed by atoms with E-state index in [0.29, 0.717) is 22.9 Å². The van der Waals surface area contributed by atoms with Gasteiger partial charge in [0.05, 0.1) is 5.56 Å². The zero-order valence-electron chi connectivity index (χ0n) is 10.5. The average Bonchev–Trinajstić information content (AvgIpc) is 2.38. The lowest BCUT2D eigenvalue weighted by atomic mass is 10.1. The highest BCUT2D eigenvalue weighted by molar-refractivity contribution is 6.10. The first-order chi connectivity index (χ1) is 9.04. The second kappa shape index (κ2) is 4.93. The Hall–Kier alpha value is -2.63. The number of aryl methyl sites for hydroxylation is 1. The molecular formula is C13H14N4O2. The lowest BCUT2D eigenvalue weighted by Crippen LogP contribution is -2.25. The van der Waals surface area contributed by atoms with E-state index in [9.17, 15) is 9.59 Å². The minimum absolute atomic E-state index is 0.139. The molecule has 0 atom stereocenters. The number of nitrogens with zero attached hydrogens (tertiary/aromatic N) is 2. The number of rotatable bonds is 2. The molecule has 98 valence electrons. The van der Waals surface area contributed by atoms with Crippen LogP contribution in [-0.4, -0.2) is 16.4 Å². The number of aliphatic imine (C=N–C) groups is 1. The lowest BCUT2D eigenvalue weighted by molar-refractivity contribution is 0.100. The van der Waals surface area contributed by atoms with Gasteiger partial charge in [0, 0.05) is 23.5 Å². The quantitative estimate of drug-likeness (QED) is 0.602. The van der Waals surface area contributed by atoms with Crippen LogP contribution in [-0.2, 0) is 6.54 Å². The van der Waals surface area contributed by atoms with Crippen molar-refractivity contribution >= 4 is 22.6 Å². The van der Waals surface area contributed by atoms with E-state index in [0.717, 1.165) is 0 Å². The molecule has 0 aliphatic carbocycles. The Morgan fingerprint density at radius 2 is 1.89 bits per heavy atom. The minimum atomic E-state index is -0.557. The van der Waals surface area contributed by atoms with Crippen LogP contribution in [0.4, 0.5) is 0 Å². The molecule has 2 aromatic rings. The van der Waals surface area contributed by atoms with Gasteiger partial charge >= 0.3 is 0 Å². The minimum Gasteiger partial charge on any atom is -0.370 e. The van der Waals surface area contributed by atoms with Crippen molar-refractivity contribution < 1.29 is 4.79 Å². The van der Waals surface area contributed by atoms with Gasteiger partial charge in [0.25, 0.3) is 11.5 Å². The Morgan fingerprint density at radius 3 is 2.47 bits per heavy atom. The number of aromatic nitrogens is 1. The van der Waals surface area contributed by atoms with Gasteiger partial charge in [-0.3, -0.25) is 9.59 Å². The number of guanidine groups is 1. The fourth-order valence-electron chi connectivity index (χ4n) is 1.93. The number of fused-ring (bicyclic) bond motifs is 1. The summed E-state index contributed by atoms with van der Waals surface area (Å²) in [4.78, 5) is 27.6. The first-order valence-corrected chi connectivity index (χ1v) is 5.80. The molecule has 1 heterocycles. The van der Waals surface area contributed by atoms with Gasteiger partial charge in [-0.1, -0.05) is 18.2 Å². The molecular weight excluding hydrogens is 244 g/mol. The predicted octanol–water partition coefficient (Wildman–Crippen LogP) is 0.435. The van der Waals surface area contributed by atoms with E-state index < -0.39 is 5.91 Å². The summed E-state index contributed by atoms with van der Waals surface area (Å²) >= 11 is 0. The molecule has 1 amide bonds. The first-order valence-electron chi connectivity index (χ1n) is 5.80. The average molecular weight is 258 g/mol. The van der Waals surface area contributed by atoms with Crippen molar-refractivity contribution in [2.75, 3.05) is 0 Å². The Kier molecular flexibility index (Phi) is 3.33. The van der Waals surface area contributed by atoms with Gasteiger partial charge in [-0.05, 0) is 13.0 Å². The van der Waals surface area contributed by atoms with Gasteiger partial charge in [-0.25, -0.2) is 0 Å². The van der Waals surface area contributed by atoms with Crippen LogP contribution in [0.15, 0.2) is 40.2 Å². The molecule has 6 heteroatoms. The summed E-state index contributed by atoms with van der Waals surface area (Å²) in [6.07, 6.45) is 1.49. The smallest absolute Gasteiger partial charge is 0.282 e. The monoisotopic (exact) mass is 258 g/mol. The third-order valence-electron chi connectivity index (χ3n) is 2.80. The molecule has 0 aliphatic rings. The molecule has 0 spiro atoms. The Balaban J connectivity index is 2.80. The molecule has 0 saturated carbocycles. The molecule has 4 N–H and O–H groups in total. The number of hydrogen-bond acceptors (Lipinski definition) is 2. The van der Waals surface area contributed by atoms with Crippen LogP contribution in [0.1, 0.15) is 17.3 Å². The van der Waals surface area contributed by atoms with E-state index in [1.54, 1.807) is 24.3 Å². The van der Waals surface area contributed by atoms with Crippen LogP contribution in [0.25, 0.3) is 10.8 Å². The Bertz CT molecular complexity index is 727. The fourth-order valence-corrected chi connectivity index (χ4v) is 1.93. The van der Waals surface area contributed by atoms with Crippen LogP contribution in [0.5, 0.6) is 0 Å². The highest BCUT2D eigenvalue weighted by Gasteiger charge is 2.13. The molecule has 0 aliphatic heterocycles. The molecule has 19 heavy (non-hydrogen) atoms. The van der Waals surface area contributed by atoms with Crippen molar-refractivity contribution in [1.29, 1.82) is 0 Å². The SMILES string of the molecule is CCn1cc(C(=O)N=C(N)N)c2ccccc2c1=O. The standard InChI is InChI=1S/C13H14N4O2/c1-2-17-7-10(11(18)16-13(14)15)8-5-3-4-6-9(8)12(17)19/h3-7H,2H2,1H3,(H4,14,15,16,18). The summed E-state index contributed by atoms with van der Waals surface area (Å²) in [6.45, 7) is 2.29. The second-order valence-electron chi connectivity index (χ2n) is 4.02. The van der Waals surface area contributed by atoms with E-state index >= 15 is 0 Å². The van der Waals surface area contributed by atoms with E-state index in [1.165, 1.54) is 10.8 Å². The van der Waals surface area contributed by atoms with E-state index in [4.69, 9.17) is 11.5 Å². The maximum absolute atomic E-state index is 12.1. The maximum atomic E-state index is 12.1. The lowest BCUT2D eigenvalue weighted by Gasteiger charge is -2.08. The summed E-state index contributed by atoms with van der Waals surface area (Å²) in [7, 11) is 0. The molecule has 0 saturated heterocycles. The van der Waals surface area contributed by atoms with Crippen molar-refractivity contribution in [3.8, 4) is 0 Å². The zero-order valence-corrected chi connectivity index (χ0v) is 10.5. The molecule has 6 nitrogen and oxygen atoms in total. The van der Waals surface area contributed by atoms with Crippen LogP contribution in [0.3, 0.4) is 0 Å². The van der Waals surface area contributed by atoms with Gasteiger partial charge in [0.15, 0.2) is 5.96 Å². The van der Waals surface area contributed by atoms with Gasteiger partial charge in [0.1, 0.15) is 0 Å². The number of amides is 1. The normalized spacial score (nSPS) is 10.4. The summed E-state index contributed by atoms with van der Waals surface area (Å²) < 4.78 is 1.46. The molecule has 2 rings (SSSR count). The van der Waals surface area contributed by atoms with Gasteiger partial charge in [-0.15, -0.1) is 0 Å². The predicted molar refractivity (Wildman–Crippen MR) is 74.0 cm³/mol. The fraction of sp³-hybridized carbons (Fsp3) is 0.154. The summed E-state index contributed by atoms with van der Waals surface area (Å²) in [6, 6.07) is 6.88. The Labute approximate surface area is 109 Å². The highest BCUT2D eigenvalue weighted by atomic mass is 16.1. The van der Waals surface area contributed by atoms with Crippen LogP contribution in [0.2, 0.25) is 0 Å². The highest BCUT2D eigenvalue weighted by Crippen LogP contribution is 2.16. The third-order valence-corrected chi connectivity index (χ3v) is 2.80.